The molecule has 1 aromatic rings. The molecule has 0 saturated carbocycles. The molecule has 1 rings (SSSR count). The van der Waals surface area contributed by atoms with Crippen LogP contribution in [0.4, 0.5) is 4.79 Å². The molecular formula is C14H21NO2. The van der Waals surface area contributed by atoms with E-state index in [-0.39, 0.29) is 6.09 Å². The van der Waals surface area contributed by atoms with Crippen molar-refractivity contribution in [1.29, 1.82) is 0 Å². The van der Waals surface area contributed by atoms with Crippen LogP contribution in [0.25, 0.3) is 0 Å². The van der Waals surface area contributed by atoms with Crippen LogP contribution in [-0.2, 0) is 11.3 Å². The van der Waals surface area contributed by atoms with E-state index in [4.69, 9.17) is 4.74 Å². The highest BCUT2D eigenvalue weighted by Crippen LogP contribution is 2.12. The third kappa shape index (κ3) is 4.89. The van der Waals surface area contributed by atoms with Crippen LogP contribution in [0.1, 0.15) is 31.9 Å². The molecule has 0 radical (unpaired) electrons. The topological polar surface area (TPSA) is 29.5 Å². The third-order valence-electron chi connectivity index (χ3n) is 2.21. The molecule has 0 atom stereocenters. The Morgan fingerprint density at radius 2 is 2.00 bits per heavy atom. The van der Waals surface area contributed by atoms with Gasteiger partial charge in [-0.2, -0.15) is 0 Å². The summed E-state index contributed by atoms with van der Waals surface area (Å²) in [6, 6.07) is 8.11. The molecule has 0 aliphatic heterocycles. The van der Waals surface area contributed by atoms with Crippen LogP contribution >= 0.6 is 0 Å². The molecule has 1 amide bonds. The average Bonchev–Trinajstić information content (AvgIpc) is 2.14. The van der Waals surface area contributed by atoms with Crippen LogP contribution < -0.4 is 0 Å². The normalized spacial score (nSPS) is 11.1. The summed E-state index contributed by atoms with van der Waals surface area (Å²) < 4.78 is 5.29. The minimum Gasteiger partial charge on any atom is -0.444 e. The van der Waals surface area contributed by atoms with E-state index in [1.165, 1.54) is 5.56 Å². The predicted octanol–water partition coefficient (Wildman–Crippen LogP) is 3.36. The van der Waals surface area contributed by atoms with Crippen molar-refractivity contribution >= 4 is 6.09 Å². The molecule has 0 aromatic heterocycles. The Morgan fingerprint density at radius 3 is 2.53 bits per heavy atom. The molecule has 0 spiro atoms. The summed E-state index contributed by atoms with van der Waals surface area (Å²) >= 11 is 0. The fourth-order valence-corrected chi connectivity index (χ4v) is 1.49. The van der Waals surface area contributed by atoms with Gasteiger partial charge in [0.2, 0.25) is 0 Å². The first-order valence-electron chi connectivity index (χ1n) is 5.77. The Labute approximate surface area is 103 Å². The minimum absolute atomic E-state index is 0.293. The Bertz CT molecular complexity index is 393. The summed E-state index contributed by atoms with van der Waals surface area (Å²) in [6.45, 7) is 8.20. The number of nitrogens with zero attached hydrogens (tertiary/aromatic N) is 1. The summed E-state index contributed by atoms with van der Waals surface area (Å²) in [4.78, 5) is 13.3. The van der Waals surface area contributed by atoms with Gasteiger partial charge in [-0.15, -0.1) is 0 Å². The van der Waals surface area contributed by atoms with Crippen LogP contribution in [-0.4, -0.2) is 23.6 Å². The SMILES string of the molecule is Cc1cccc(CN(C)C(=O)OC(C)(C)C)c1. The second kappa shape index (κ2) is 5.21. The highest BCUT2D eigenvalue weighted by molar-refractivity contribution is 5.67. The van der Waals surface area contributed by atoms with Gasteiger partial charge >= 0.3 is 6.09 Å². The lowest BCUT2D eigenvalue weighted by Crippen LogP contribution is -2.33. The Morgan fingerprint density at radius 1 is 1.35 bits per heavy atom. The second-order valence-electron chi connectivity index (χ2n) is 5.33. The standard InChI is InChI=1S/C14H21NO2/c1-11-7-6-8-12(9-11)10-15(5)13(16)17-14(2,3)4/h6-9H,10H2,1-5H3. The number of amides is 1. The Kier molecular flexibility index (Phi) is 4.16. The zero-order chi connectivity index (χ0) is 13.1. The fraction of sp³-hybridized carbons (Fsp3) is 0.500. The van der Waals surface area contributed by atoms with Crippen molar-refractivity contribution in [3.8, 4) is 0 Å². The number of rotatable bonds is 2. The largest absolute Gasteiger partial charge is 0.444 e. The number of hydrogen-bond donors (Lipinski definition) is 0. The smallest absolute Gasteiger partial charge is 0.410 e. The molecule has 94 valence electrons. The van der Waals surface area contributed by atoms with Crippen molar-refractivity contribution in [2.75, 3.05) is 7.05 Å². The van der Waals surface area contributed by atoms with E-state index in [0.717, 1.165) is 5.56 Å². The van der Waals surface area contributed by atoms with Crippen molar-refractivity contribution < 1.29 is 9.53 Å². The quantitative estimate of drug-likeness (QED) is 0.786. The van der Waals surface area contributed by atoms with Crippen LogP contribution in [0.3, 0.4) is 0 Å². The summed E-state index contributed by atoms with van der Waals surface area (Å²) in [5.74, 6) is 0. The first-order chi connectivity index (χ1) is 7.78. The van der Waals surface area contributed by atoms with E-state index >= 15 is 0 Å². The number of aryl methyl sites for hydroxylation is 1. The first kappa shape index (κ1) is 13.6. The molecule has 0 heterocycles. The predicted molar refractivity (Wildman–Crippen MR) is 68.9 cm³/mol. The summed E-state index contributed by atoms with van der Waals surface area (Å²) in [5.41, 5.74) is 1.86. The molecule has 0 saturated heterocycles. The van der Waals surface area contributed by atoms with Crippen LogP contribution in [0, 0.1) is 6.92 Å². The van der Waals surface area contributed by atoms with Gasteiger partial charge in [-0.1, -0.05) is 29.8 Å². The molecule has 3 heteroatoms. The highest BCUT2D eigenvalue weighted by atomic mass is 16.6. The van der Waals surface area contributed by atoms with E-state index in [2.05, 4.69) is 6.07 Å². The molecule has 1 aromatic carbocycles. The Hall–Kier alpha value is -1.51. The van der Waals surface area contributed by atoms with E-state index in [1.807, 2.05) is 45.9 Å². The summed E-state index contributed by atoms with van der Waals surface area (Å²) in [5, 5.41) is 0. The van der Waals surface area contributed by atoms with Gasteiger partial charge in [0.25, 0.3) is 0 Å². The van der Waals surface area contributed by atoms with E-state index in [9.17, 15) is 4.79 Å². The number of benzene rings is 1. The van der Waals surface area contributed by atoms with Gasteiger partial charge < -0.3 is 9.64 Å². The molecule has 0 aliphatic carbocycles. The molecule has 3 nitrogen and oxygen atoms in total. The van der Waals surface area contributed by atoms with E-state index in [1.54, 1.807) is 11.9 Å². The van der Waals surface area contributed by atoms with Crippen molar-refractivity contribution in [3.63, 3.8) is 0 Å². The van der Waals surface area contributed by atoms with Crippen molar-refractivity contribution in [3.05, 3.63) is 35.4 Å². The van der Waals surface area contributed by atoms with E-state index in [0.29, 0.717) is 6.54 Å². The number of hydrogen-bond acceptors (Lipinski definition) is 2. The molecule has 17 heavy (non-hydrogen) atoms. The number of carbonyl (C=O) groups is 1. The number of ether oxygens (including phenoxy) is 1. The maximum atomic E-state index is 11.8. The zero-order valence-corrected chi connectivity index (χ0v) is 11.3. The van der Waals surface area contributed by atoms with Crippen LogP contribution in [0.2, 0.25) is 0 Å². The van der Waals surface area contributed by atoms with Gasteiger partial charge in [0.15, 0.2) is 0 Å². The van der Waals surface area contributed by atoms with E-state index < -0.39 is 5.60 Å². The number of carbonyl (C=O) groups excluding carboxylic acids is 1. The monoisotopic (exact) mass is 235 g/mol. The fourth-order valence-electron chi connectivity index (χ4n) is 1.49. The van der Waals surface area contributed by atoms with Crippen LogP contribution in [0.15, 0.2) is 24.3 Å². The lowest BCUT2D eigenvalue weighted by atomic mass is 10.1. The molecule has 0 aliphatic rings. The van der Waals surface area contributed by atoms with Gasteiger partial charge in [0.05, 0.1) is 0 Å². The lowest BCUT2D eigenvalue weighted by molar-refractivity contribution is 0.0285. The van der Waals surface area contributed by atoms with Crippen LogP contribution in [0.5, 0.6) is 0 Å². The Balaban J connectivity index is 2.60. The highest BCUT2D eigenvalue weighted by Gasteiger charge is 2.19. The van der Waals surface area contributed by atoms with Crippen molar-refractivity contribution in [2.45, 2.75) is 39.8 Å². The first-order valence-corrected chi connectivity index (χ1v) is 5.77. The van der Waals surface area contributed by atoms with Gasteiger partial charge in [-0.05, 0) is 33.3 Å². The molecule has 0 bridgehead atoms. The van der Waals surface area contributed by atoms with Gasteiger partial charge in [0.1, 0.15) is 5.60 Å². The maximum absolute atomic E-state index is 11.8. The van der Waals surface area contributed by atoms with Gasteiger partial charge in [0, 0.05) is 13.6 Å². The summed E-state index contributed by atoms with van der Waals surface area (Å²) in [7, 11) is 1.75. The van der Waals surface area contributed by atoms with Crippen molar-refractivity contribution in [2.24, 2.45) is 0 Å². The minimum atomic E-state index is -0.446. The average molecular weight is 235 g/mol. The zero-order valence-electron chi connectivity index (χ0n) is 11.3. The van der Waals surface area contributed by atoms with Crippen molar-refractivity contribution in [1.82, 2.24) is 4.90 Å². The summed E-state index contributed by atoms with van der Waals surface area (Å²) in [6.07, 6.45) is -0.293. The van der Waals surface area contributed by atoms with Gasteiger partial charge in [-0.25, -0.2) is 4.79 Å². The molecule has 0 fully saturated rings. The third-order valence-corrected chi connectivity index (χ3v) is 2.21. The molecular weight excluding hydrogens is 214 g/mol. The molecule has 0 N–H and O–H groups in total. The molecule has 0 unspecified atom stereocenters. The van der Waals surface area contributed by atoms with Gasteiger partial charge in [-0.3, -0.25) is 0 Å². The maximum Gasteiger partial charge on any atom is 0.410 e. The second-order valence-corrected chi connectivity index (χ2v) is 5.33. The lowest BCUT2D eigenvalue weighted by Gasteiger charge is -2.24.